The molecule has 0 N–H and O–H groups in total. The van der Waals surface area contributed by atoms with Gasteiger partial charge in [0, 0.05) is 16.5 Å². The fraction of sp³-hybridized carbons (Fsp3) is 0. The van der Waals surface area contributed by atoms with Crippen molar-refractivity contribution in [3.8, 4) is 39.1 Å². The molecule has 0 saturated heterocycles. The molecule has 3 nitrogen and oxygen atoms in total. The highest BCUT2D eigenvalue weighted by atomic mass is 15.0. The van der Waals surface area contributed by atoms with E-state index in [1.54, 1.807) is 0 Å². The number of hydrogen-bond acceptors (Lipinski definition) is 0. The van der Waals surface area contributed by atoms with E-state index in [4.69, 9.17) is 13.1 Å². The van der Waals surface area contributed by atoms with Crippen LogP contribution in [0, 0.1) is 13.1 Å². The summed E-state index contributed by atoms with van der Waals surface area (Å²) in [5.41, 5.74) is 10.3. The zero-order chi connectivity index (χ0) is 32.9. The minimum absolute atomic E-state index is 0.537. The number of benzene rings is 8. The van der Waals surface area contributed by atoms with Gasteiger partial charge in [-0.15, -0.1) is 0 Å². The molecule has 9 rings (SSSR count). The predicted octanol–water partition coefficient (Wildman–Crippen LogP) is 13.2. The Morgan fingerprint density at radius 2 is 0.878 bits per heavy atom. The van der Waals surface area contributed by atoms with Crippen LogP contribution in [-0.2, 0) is 0 Å². The molecule has 0 unspecified atom stereocenters. The van der Waals surface area contributed by atoms with E-state index >= 15 is 0 Å². The third-order valence-corrected chi connectivity index (χ3v) is 9.58. The maximum absolute atomic E-state index is 8.27. The minimum atomic E-state index is 0.537. The number of para-hydroxylation sites is 2. The molecule has 226 valence electrons. The normalized spacial score (nSPS) is 11.2. The highest BCUT2D eigenvalue weighted by Crippen LogP contribution is 2.46. The molecule has 3 heteroatoms. The third-order valence-electron chi connectivity index (χ3n) is 9.58. The Labute approximate surface area is 284 Å². The molecule has 0 atom stereocenters. The van der Waals surface area contributed by atoms with Gasteiger partial charge in [0.15, 0.2) is 11.4 Å². The Balaban J connectivity index is 1.27. The van der Waals surface area contributed by atoms with Gasteiger partial charge >= 0.3 is 0 Å². The molecule has 8 aromatic carbocycles. The van der Waals surface area contributed by atoms with Crippen LogP contribution in [0.1, 0.15) is 0 Å². The number of rotatable bonds is 4. The number of fused-ring (bicyclic) bond motifs is 5. The molecule has 0 saturated carbocycles. The summed E-state index contributed by atoms with van der Waals surface area (Å²) in [6, 6.07) is 56.6. The summed E-state index contributed by atoms with van der Waals surface area (Å²) in [7, 11) is 0. The lowest BCUT2D eigenvalue weighted by Gasteiger charge is -2.19. The Morgan fingerprint density at radius 1 is 0.388 bits per heavy atom. The van der Waals surface area contributed by atoms with Gasteiger partial charge < -0.3 is 4.57 Å². The first kappa shape index (κ1) is 28.3. The predicted molar refractivity (Wildman–Crippen MR) is 205 cm³/mol. The summed E-state index contributed by atoms with van der Waals surface area (Å²) in [5, 5.41) is 6.93. The lowest BCUT2D eigenvalue weighted by molar-refractivity contribution is 1.18. The number of aromatic nitrogens is 1. The zero-order valence-corrected chi connectivity index (χ0v) is 26.4. The van der Waals surface area contributed by atoms with Gasteiger partial charge in [0.2, 0.25) is 0 Å². The second kappa shape index (κ2) is 11.4. The zero-order valence-electron chi connectivity index (χ0n) is 26.4. The fourth-order valence-corrected chi connectivity index (χ4v) is 7.53. The molecule has 0 aliphatic heterocycles. The first-order valence-electron chi connectivity index (χ1n) is 16.3. The van der Waals surface area contributed by atoms with Crippen molar-refractivity contribution < 1.29 is 0 Å². The van der Waals surface area contributed by atoms with Crippen molar-refractivity contribution in [3.05, 3.63) is 187 Å². The molecule has 0 radical (unpaired) electrons. The van der Waals surface area contributed by atoms with Gasteiger partial charge in [-0.25, -0.2) is 9.69 Å². The molecular weight excluding hydrogens is 595 g/mol. The Bertz CT molecular complexity index is 2740. The average molecular weight is 622 g/mol. The minimum Gasteiger partial charge on any atom is -0.311 e. The van der Waals surface area contributed by atoms with Crippen LogP contribution in [0.15, 0.2) is 164 Å². The van der Waals surface area contributed by atoms with Crippen LogP contribution >= 0.6 is 0 Å². The Kier molecular flexibility index (Phi) is 6.58. The maximum Gasteiger partial charge on any atom is 0.196 e. The smallest absolute Gasteiger partial charge is 0.196 e. The SMILES string of the molecule is [C-]#[N+]c1cc(-c2ccc(-n3c4ccccc4c4ccccc43)cc2[N+]#[C-])cc(-c2c3ccccc3c(-c3ccccc3)c3ccccc23)c1. The summed E-state index contributed by atoms with van der Waals surface area (Å²) >= 11 is 0. The first-order valence-corrected chi connectivity index (χ1v) is 16.3. The van der Waals surface area contributed by atoms with Gasteiger partial charge in [0.1, 0.15) is 0 Å². The van der Waals surface area contributed by atoms with E-state index in [1.807, 2.05) is 30.3 Å². The van der Waals surface area contributed by atoms with E-state index in [1.165, 1.54) is 21.9 Å². The van der Waals surface area contributed by atoms with Crippen molar-refractivity contribution in [2.75, 3.05) is 0 Å². The first-order chi connectivity index (χ1) is 24.2. The van der Waals surface area contributed by atoms with Gasteiger partial charge in [0.05, 0.1) is 24.2 Å². The monoisotopic (exact) mass is 621 g/mol. The quantitative estimate of drug-likeness (QED) is 0.137. The lowest BCUT2D eigenvalue weighted by atomic mass is 9.85. The molecule has 0 fully saturated rings. The molecule has 49 heavy (non-hydrogen) atoms. The molecule has 0 aliphatic rings. The molecule has 0 spiro atoms. The van der Waals surface area contributed by atoms with Crippen LogP contribution in [-0.4, -0.2) is 4.57 Å². The maximum atomic E-state index is 8.27. The number of nitrogens with zero attached hydrogens (tertiary/aromatic N) is 3. The van der Waals surface area contributed by atoms with Crippen molar-refractivity contribution in [1.29, 1.82) is 0 Å². The van der Waals surface area contributed by atoms with Crippen LogP contribution in [0.3, 0.4) is 0 Å². The van der Waals surface area contributed by atoms with E-state index < -0.39 is 0 Å². The van der Waals surface area contributed by atoms with Crippen molar-refractivity contribution in [2.24, 2.45) is 0 Å². The van der Waals surface area contributed by atoms with Crippen LogP contribution in [0.4, 0.5) is 11.4 Å². The van der Waals surface area contributed by atoms with Crippen LogP contribution in [0.2, 0.25) is 0 Å². The van der Waals surface area contributed by atoms with Crippen molar-refractivity contribution >= 4 is 54.7 Å². The summed E-state index contributed by atoms with van der Waals surface area (Å²) < 4.78 is 2.23. The highest BCUT2D eigenvalue weighted by molar-refractivity contribution is 6.21. The second-order valence-corrected chi connectivity index (χ2v) is 12.3. The van der Waals surface area contributed by atoms with Crippen LogP contribution in [0.5, 0.6) is 0 Å². The molecule has 0 amide bonds. The highest BCUT2D eigenvalue weighted by Gasteiger charge is 2.19. The molecule has 1 heterocycles. The molecule has 0 bridgehead atoms. The Hall–Kier alpha value is -6.94. The average Bonchev–Trinajstić information content (AvgIpc) is 3.51. The van der Waals surface area contributed by atoms with Gasteiger partial charge in [-0.3, -0.25) is 0 Å². The van der Waals surface area contributed by atoms with E-state index in [0.29, 0.717) is 11.4 Å². The topological polar surface area (TPSA) is 13.6 Å². The molecule has 1 aromatic heterocycles. The van der Waals surface area contributed by atoms with Crippen molar-refractivity contribution in [3.63, 3.8) is 0 Å². The van der Waals surface area contributed by atoms with Crippen LogP contribution in [0.25, 0.3) is 92.1 Å². The summed E-state index contributed by atoms with van der Waals surface area (Å²) in [6.07, 6.45) is 0. The van der Waals surface area contributed by atoms with Crippen molar-refractivity contribution in [2.45, 2.75) is 0 Å². The summed E-state index contributed by atoms with van der Waals surface area (Å²) in [6.45, 7) is 16.4. The lowest BCUT2D eigenvalue weighted by Crippen LogP contribution is -1.94. The van der Waals surface area contributed by atoms with Gasteiger partial charge in [-0.05, 0) is 91.3 Å². The standard InChI is InChI=1S/C46H27N3/c1-47-33-27-31(35-25-24-34(29-42(35)48-2)49-43-22-12-10-16-36(43)37-17-11-13-23-44(37)49)26-32(28-33)46-40-20-8-6-18-38(40)45(30-14-4-3-5-15-30)39-19-7-9-21-41(39)46/h3-29H. The van der Waals surface area contributed by atoms with Crippen LogP contribution < -0.4 is 0 Å². The van der Waals surface area contributed by atoms with E-state index in [9.17, 15) is 0 Å². The van der Waals surface area contributed by atoms with Gasteiger partial charge in [-0.2, -0.15) is 0 Å². The van der Waals surface area contributed by atoms with E-state index in [0.717, 1.165) is 60.5 Å². The summed E-state index contributed by atoms with van der Waals surface area (Å²) in [5.74, 6) is 0. The number of hydrogen-bond donors (Lipinski definition) is 0. The molecular formula is C46H27N3. The van der Waals surface area contributed by atoms with Gasteiger partial charge in [-0.1, -0.05) is 127 Å². The van der Waals surface area contributed by atoms with E-state index in [2.05, 4.69) is 148 Å². The molecule has 0 aliphatic carbocycles. The van der Waals surface area contributed by atoms with E-state index in [-0.39, 0.29) is 0 Å². The van der Waals surface area contributed by atoms with Crippen molar-refractivity contribution in [1.82, 2.24) is 4.57 Å². The van der Waals surface area contributed by atoms with Gasteiger partial charge in [0.25, 0.3) is 0 Å². The third kappa shape index (κ3) is 4.49. The fourth-order valence-electron chi connectivity index (χ4n) is 7.53. The Morgan fingerprint density at radius 3 is 1.43 bits per heavy atom. The largest absolute Gasteiger partial charge is 0.311 e. The second-order valence-electron chi connectivity index (χ2n) is 12.3. The molecule has 9 aromatic rings. The summed E-state index contributed by atoms with van der Waals surface area (Å²) in [4.78, 5) is 7.96.